The lowest BCUT2D eigenvalue weighted by atomic mass is 10.1. The Morgan fingerprint density at radius 3 is 2.31 bits per heavy atom. The Labute approximate surface area is 272 Å². The second-order valence-corrected chi connectivity index (χ2v) is 15.9. The predicted molar refractivity (Wildman–Crippen MR) is 158 cm³/mol. The molecular weight excluding hydrogens is 733 g/mol. The number of nitrogens with zero attached hydrogens (tertiary/aromatic N) is 5. The molecular formula is C20H31N8O18P3. The van der Waals surface area contributed by atoms with Gasteiger partial charge in [-0.25, -0.2) is 28.1 Å². The molecule has 26 nitrogen and oxygen atoms in total. The molecule has 0 spiro atoms. The van der Waals surface area contributed by atoms with E-state index in [9.17, 15) is 58.4 Å². The van der Waals surface area contributed by atoms with E-state index in [-0.39, 0.29) is 29.9 Å². The smallest absolute Gasteiger partial charge is 0.387 e. The molecule has 29 heteroatoms. The number of nitrogens with two attached hydrogens (primary N) is 2. The number of nitrogen functional groups attached to an aromatic ring is 2. The molecule has 5 heterocycles. The number of nitrogens with one attached hydrogen (secondary N) is 1. The van der Waals surface area contributed by atoms with Gasteiger partial charge in [0, 0.05) is 13.2 Å². The molecule has 0 radical (unpaired) electrons. The van der Waals surface area contributed by atoms with Gasteiger partial charge in [-0.15, -0.1) is 0 Å². The van der Waals surface area contributed by atoms with Crippen molar-refractivity contribution in [2.24, 2.45) is 0 Å². The van der Waals surface area contributed by atoms with Gasteiger partial charge in [0.25, 0.3) is 5.56 Å². The summed E-state index contributed by atoms with van der Waals surface area (Å²) in [7, 11) is -15.5. The molecule has 3 unspecified atom stereocenters. The highest BCUT2D eigenvalue weighted by Gasteiger charge is 2.51. The summed E-state index contributed by atoms with van der Waals surface area (Å²) >= 11 is 0. The molecule has 3 aliphatic rings. The SMILES string of the molecule is CN1CN(O[C@@H]2O[C@H](COP(=O)(O)OP(=O)(O)OP(=O)(O)C[C@H]3O[C@@H](n4ccc(N)nc4=O)[C@H](O)[C@@H]3O)[C@@H](O)[C@H]2O)c2nc(N)[nH]c(=O)c21. The minimum absolute atomic E-state index is 0.0542. The monoisotopic (exact) mass is 764 g/mol. The van der Waals surface area contributed by atoms with E-state index < -0.39 is 96.4 Å². The van der Waals surface area contributed by atoms with Crippen molar-refractivity contribution in [3.63, 3.8) is 0 Å². The Bertz CT molecular complexity index is 1830. The fourth-order valence-corrected chi connectivity index (χ4v) is 9.22. The maximum absolute atomic E-state index is 12.6. The fraction of sp³-hybridized carbons (Fsp3) is 0.600. The average Bonchev–Trinajstić information content (AvgIpc) is 3.52. The number of ether oxygens (including phenoxy) is 2. The summed E-state index contributed by atoms with van der Waals surface area (Å²) in [6, 6.07) is 1.16. The third-order valence-corrected chi connectivity index (χ3v) is 11.9. The number of hydrogen-bond acceptors (Lipinski definition) is 21. The van der Waals surface area contributed by atoms with Gasteiger partial charge in [-0.2, -0.15) is 14.3 Å². The van der Waals surface area contributed by atoms with Gasteiger partial charge in [0.1, 0.15) is 54.8 Å². The van der Waals surface area contributed by atoms with E-state index in [1.807, 2.05) is 0 Å². The third kappa shape index (κ3) is 8.21. The number of aromatic nitrogens is 4. The standard InChI is InChI=1S/C20H31N8O18P3/c1-26-6-28(15-10(26)16(33)25-19(22)24-15)44-18-14(32)11(29)7(43-18)4-41-48(37,38)46-49(39,40)45-47(35,36)5-8-12(30)13(31)17(42-8)27-3-2-9(21)23-20(27)34/h2-3,7-8,11-14,17-18,29-32H,4-6H2,1H3,(H,35,36)(H,37,38)(H,39,40)(H2,21,23,34)(H3,22,24,25,33)/t7-,8-,11-,12-,13-,14-,17-,18+/m1/s1. The highest BCUT2D eigenvalue weighted by Crippen LogP contribution is 2.67. The van der Waals surface area contributed by atoms with Gasteiger partial charge >= 0.3 is 28.9 Å². The van der Waals surface area contributed by atoms with Gasteiger partial charge in [-0.05, 0) is 6.07 Å². The Hall–Kier alpha value is -2.87. The molecule has 12 N–H and O–H groups in total. The van der Waals surface area contributed by atoms with E-state index in [1.165, 1.54) is 11.9 Å². The Morgan fingerprint density at radius 2 is 1.63 bits per heavy atom. The van der Waals surface area contributed by atoms with Crippen molar-refractivity contribution in [3.8, 4) is 0 Å². The van der Waals surface area contributed by atoms with Crippen molar-refractivity contribution < 1.29 is 76.3 Å². The number of aromatic amines is 1. The van der Waals surface area contributed by atoms with Crippen LogP contribution in [0.1, 0.15) is 6.23 Å². The zero-order valence-corrected chi connectivity index (χ0v) is 27.4. The number of hydrogen-bond donors (Lipinski definition) is 10. The van der Waals surface area contributed by atoms with Gasteiger partial charge in [0.15, 0.2) is 12.0 Å². The van der Waals surface area contributed by atoms with Crippen molar-refractivity contribution in [3.05, 3.63) is 33.1 Å². The van der Waals surface area contributed by atoms with Crippen molar-refractivity contribution in [2.45, 2.75) is 49.1 Å². The number of phosphoric ester groups is 1. The molecule has 2 aromatic rings. The molecule has 5 rings (SSSR count). The molecule has 0 aliphatic carbocycles. The Kier molecular flexibility index (Phi) is 10.4. The topological polar surface area (TPSA) is 387 Å². The molecule has 2 aromatic heterocycles. The summed E-state index contributed by atoms with van der Waals surface area (Å²) in [5, 5.41) is 42.4. The van der Waals surface area contributed by atoms with Crippen LogP contribution in [0, 0.1) is 0 Å². The second-order valence-electron chi connectivity index (χ2n) is 10.8. The molecule has 49 heavy (non-hydrogen) atoms. The summed E-state index contributed by atoms with van der Waals surface area (Å²) < 4.78 is 61.6. The first-order chi connectivity index (χ1) is 22.7. The van der Waals surface area contributed by atoms with E-state index in [4.69, 9.17) is 25.8 Å². The van der Waals surface area contributed by atoms with Crippen molar-refractivity contribution in [2.75, 3.05) is 47.9 Å². The van der Waals surface area contributed by atoms with Crippen LogP contribution < -0.4 is 32.7 Å². The number of hydroxylamine groups is 1. The van der Waals surface area contributed by atoms with E-state index >= 15 is 0 Å². The summed E-state index contributed by atoms with van der Waals surface area (Å²) in [5.41, 5.74) is 9.43. The maximum Gasteiger partial charge on any atom is 0.488 e. The molecule has 2 saturated heterocycles. The molecule has 0 saturated carbocycles. The molecule has 0 amide bonds. The van der Waals surface area contributed by atoms with E-state index in [2.05, 4.69) is 28.1 Å². The maximum atomic E-state index is 12.6. The zero-order chi connectivity index (χ0) is 36.2. The van der Waals surface area contributed by atoms with Crippen LogP contribution >= 0.6 is 23.2 Å². The quantitative estimate of drug-likeness (QED) is 0.0917. The van der Waals surface area contributed by atoms with Gasteiger partial charge < -0.3 is 60.9 Å². The van der Waals surface area contributed by atoms with Crippen molar-refractivity contribution in [1.82, 2.24) is 19.5 Å². The highest BCUT2D eigenvalue weighted by molar-refractivity contribution is 7.68. The predicted octanol–water partition coefficient (Wildman–Crippen LogP) is -4.16. The number of H-pyrrole nitrogens is 1. The van der Waals surface area contributed by atoms with Crippen LogP contribution in [0.3, 0.4) is 0 Å². The number of aliphatic hydroxyl groups excluding tert-OH is 4. The molecule has 3 aliphatic heterocycles. The summed E-state index contributed by atoms with van der Waals surface area (Å²) in [6.07, 6.45) is -14.4. The zero-order valence-electron chi connectivity index (χ0n) is 24.7. The lowest BCUT2D eigenvalue weighted by Crippen LogP contribution is -2.39. The van der Waals surface area contributed by atoms with Gasteiger partial charge in [0.2, 0.25) is 12.2 Å². The lowest BCUT2D eigenvalue weighted by molar-refractivity contribution is -0.175. The first kappa shape index (κ1) is 37.4. The van der Waals surface area contributed by atoms with Crippen LogP contribution in [0.15, 0.2) is 21.9 Å². The van der Waals surface area contributed by atoms with Gasteiger partial charge in [-0.1, -0.05) is 0 Å². The summed E-state index contributed by atoms with van der Waals surface area (Å²) in [6.45, 7) is -1.20. The minimum atomic E-state index is -5.94. The van der Waals surface area contributed by atoms with Crippen LogP contribution in [0.4, 0.5) is 23.3 Å². The Balaban J connectivity index is 1.15. The highest BCUT2D eigenvalue weighted by atomic mass is 31.3. The number of fused-ring (bicyclic) bond motifs is 1. The fourth-order valence-electron chi connectivity index (χ4n) is 4.96. The van der Waals surface area contributed by atoms with E-state index in [1.54, 1.807) is 0 Å². The van der Waals surface area contributed by atoms with E-state index in [0.29, 0.717) is 4.57 Å². The third-order valence-electron chi connectivity index (χ3n) is 7.12. The van der Waals surface area contributed by atoms with Crippen LogP contribution in [0.5, 0.6) is 0 Å². The number of rotatable bonds is 12. The van der Waals surface area contributed by atoms with Crippen LogP contribution in [-0.4, -0.2) is 124 Å². The molecule has 274 valence electrons. The summed E-state index contributed by atoms with van der Waals surface area (Å²) in [5.74, 6) is -0.483. The van der Waals surface area contributed by atoms with Crippen molar-refractivity contribution >= 4 is 46.5 Å². The molecule has 0 aromatic carbocycles. The van der Waals surface area contributed by atoms with Crippen LogP contribution in [-0.2, 0) is 41.2 Å². The van der Waals surface area contributed by atoms with Crippen LogP contribution in [0.2, 0.25) is 0 Å². The second kappa shape index (κ2) is 13.7. The summed E-state index contributed by atoms with van der Waals surface area (Å²) in [4.78, 5) is 71.0. The lowest BCUT2D eigenvalue weighted by Gasteiger charge is -2.23. The number of aliphatic hydroxyl groups is 4. The van der Waals surface area contributed by atoms with Crippen LogP contribution in [0.25, 0.3) is 0 Å². The first-order valence-electron chi connectivity index (χ1n) is 13.6. The molecule has 11 atom stereocenters. The number of phosphoric acid groups is 2. The number of anilines is 4. The average molecular weight is 764 g/mol. The Morgan fingerprint density at radius 1 is 0.959 bits per heavy atom. The van der Waals surface area contributed by atoms with Gasteiger partial charge in [-0.3, -0.25) is 23.4 Å². The van der Waals surface area contributed by atoms with E-state index in [0.717, 1.165) is 17.3 Å². The normalized spacial score (nSPS) is 32.1. The minimum Gasteiger partial charge on any atom is -0.387 e. The van der Waals surface area contributed by atoms with Crippen molar-refractivity contribution in [1.29, 1.82) is 0 Å². The van der Waals surface area contributed by atoms with Gasteiger partial charge in [0.05, 0.1) is 12.8 Å². The largest absolute Gasteiger partial charge is 0.488 e. The molecule has 0 bridgehead atoms. The molecule has 2 fully saturated rings. The first-order valence-corrected chi connectivity index (χ1v) is 18.4.